The Kier molecular flexibility index (Phi) is 12.6. The van der Waals surface area contributed by atoms with E-state index in [1.165, 1.54) is 23.5 Å². The van der Waals surface area contributed by atoms with Crippen LogP contribution in [0.4, 0.5) is 10.5 Å². The topological polar surface area (TPSA) is 156 Å². The van der Waals surface area contributed by atoms with E-state index in [1.54, 1.807) is 17.0 Å². The normalized spacial score (nSPS) is 15.6. The Labute approximate surface area is 285 Å². The number of hydrogen-bond donors (Lipinski definition) is 3. The Hall–Kier alpha value is -3.93. The van der Waals surface area contributed by atoms with Crippen molar-refractivity contribution in [3.63, 3.8) is 0 Å². The summed E-state index contributed by atoms with van der Waals surface area (Å²) in [6.07, 6.45) is 3.39. The number of sulfonamides is 1. The summed E-state index contributed by atoms with van der Waals surface area (Å²) in [5.41, 5.74) is 13.4. The fraction of sp³-hybridized carbons (Fsp3) is 0.459. The van der Waals surface area contributed by atoms with Crippen molar-refractivity contribution in [3.05, 3.63) is 96.1 Å². The summed E-state index contributed by atoms with van der Waals surface area (Å²) < 4.78 is 34.5. The number of aliphatic hydroxyl groups is 1. The molecule has 48 heavy (non-hydrogen) atoms. The van der Waals surface area contributed by atoms with Crippen molar-refractivity contribution in [2.45, 2.75) is 87.2 Å². The van der Waals surface area contributed by atoms with Crippen LogP contribution in [0.25, 0.3) is 0 Å². The first kappa shape index (κ1) is 36.9. The van der Waals surface area contributed by atoms with Gasteiger partial charge in [-0.15, -0.1) is 0 Å². The van der Waals surface area contributed by atoms with Gasteiger partial charge in [0.25, 0.3) is 0 Å². The number of carbonyl (C=O) groups is 2. The van der Waals surface area contributed by atoms with Crippen LogP contribution in [0.3, 0.4) is 0 Å². The van der Waals surface area contributed by atoms with Crippen LogP contribution in [-0.2, 0) is 19.6 Å². The number of ether oxygens (including phenoxy) is 1. The molecule has 0 spiro atoms. The third kappa shape index (κ3) is 8.37. The minimum absolute atomic E-state index is 0.114. The molecule has 2 amide bonds. The first-order valence-corrected chi connectivity index (χ1v) is 18.1. The standard InChI is InChI=1S/C37H50N4O6S/c1-27(2)21-25-40(48(45,46)32-19-17-30(38)18-20-32)31(26-42)16-10-22-37(23-11-24-37)41(36(44)47-3)34(35(39)43)33(28-12-6-4-7-13-28)29-14-8-5-9-15-29/h4-9,12-15,17-20,27,31,33-34,42H,10-11,16,21-26,38H2,1-3H3,(H2,39,43)/t31?,34-/m0/s1. The first-order chi connectivity index (χ1) is 22.9. The predicted octanol–water partition coefficient (Wildman–Crippen LogP) is 5.51. The van der Waals surface area contributed by atoms with Gasteiger partial charge in [0.15, 0.2) is 0 Å². The summed E-state index contributed by atoms with van der Waals surface area (Å²) >= 11 is 0. The van der Waals surface area contributed by atoms with E-state index in [2.05, 4.69) is 0 Å². The van der Waals surface area contributed by atoms with E-state index in [1.807, 2.05) is 74.5 Å². The number of nitrogens with zero attached hydrogens (tertiary/aromatic N) is 2. The van der Waals surface area contributed by atoms with Crippen LogP contribution in [0.5, 0.6) is 0 Å². The van der Waals surface area contributed by atoms with Crippen LogP contribution < -0.4 is 11.5 Å². The third-order valence-corrected chi connectivity index (χ3v) is 11.5. The van der Waals surface area contributed by atoms with Gasteiger partial charge in [-0.3, -0.25) is 9.69 Å². The zero-order valence-electron chi connectivity index (χ0n) is 28.2. The lowest BCUT2D eigenvalue weighted by molar-refractivity contribution is -0.128. The number of carbonyl (C=O) groups excluding carboxylic acids is 2. The Morgan fingerprint density at radius 3 is 1.92 bits per heavy atom. The van der Waals surface area contributed by atoms with E-state index >= 15 is 0 Å². The predicted molar refractivity (Wildman–Crippen MR) is 187 cm³/mol. The largest absolute Gasteiger partial charge is 0.453 e. The fourth-order valence-corrected chi connectivity index (χ4v) is 8.53. The zero-order chi connectivity index (χ0) is 34.9. The number of primary amides is 1. The van der Waals surface area contributed by atoms with Gasteiger partial charge >= 0.3 is 6.09 Å². The molecule has 1 fully saturated rings. The van der Waals surface area contributed by atoms with Gasteiger partial charge in [0.2, 0.25) is 15.9 Å². The number of rotatable bonds is 17. The summed E-state index contributed by atoms with van der Waals surface area (Å²) in [7, 11) is -2.64. The molecule has 0 heterocycles. The number of nitrogen functional groups attached to an aromatic ring is 1. The summed E-state index contributed by atoms with van der Waals surface area (Å²) in [5, 5.41) is 10.6. The molecule has 3 aromatic rings. The smallest absolute Gasteiger partial charge is 0.410 e. The highest BCUT2D eigenvalue weighted by Crippen LogP contribution is 2.46. The monoisotopic (exact) mass is 678 g/mol. The number of nitrogens with two attached hydrogens (primary N) is 2. The van der Waals surface area contributed by atoms with E-state index in [4.69, 9.17) is 16.2 Å². The van der Waals surface area contributed by atoms with Crippen LogP contribution in [0.15, 0.2) is 89.8 Å². The Morgan fingerprint density at radius 2 is 1.48 bits per heavy atom. The Morgan fingerprint density at radius 1 is 0.917 bits per heavy atom. The Balaban J connectivity index is 1.66. The van der Waals surface area contributed by atoms with Crippen molar-refractivity contribution in [3.8, 4) is 0 Å². The molecule has 0 aromatic heterocycles. The van der Waals surface area contributed by atoms with Crippen LogP contribution in [-0.4, -0.2) is 72.6 Å². The van der Waals surface area contributed by atoms with Crippen molar-refractivity contribution in [2.75, 3.05) is 26.0 Å². The quantitative estimate of drug-likeness (QED) is 0.159. The number of anilines is 1. The van der Waals surface area contributed by atoms with Crippen LogP contribution in [0, 0.1) is 5.92 Å². The minimum Gasteiger partial charge on any atom is -0.453 e. The van der Waals surface area contributed by atoms with Gasteiger partial charge in [-0.2, -0.15) is 4.31 Å². The average molecular weight is 679 g/mol. The lowest BCUT2D eigenvalue weighted by Gasteiger charge is -2.53. The van der Waals surface area contributed by atoms with Crippen molar-refractivity contribution < 1.29 is 27.9 Å². The zero-order valence-corrected chi connectivity index (χ0v) is 29.0. The maximum Gasteiger partial charge on any atom is 0.410 e. The lowest BCUT2D eigenvalue weighted by Crippen LogP contribution is -2.64. The molecule has 1 saturated carbocycles. The van der Waals surface area contributed by atoms with Gasteiger partial charge in [-0.25, -0.2) is 13.2 Å². The number of hydrogen-bond acceptors (Lipinski definition) is 7. The fourth-order valence-electron chi connectivity index (χ4n) is 6.87. The molecule has 2 atom stereocenters. The number of methoxy groups -OCH3 is 1. The average Bonchev–Trinajstić information content (AvgIpc) is 3.06. The SMILES string of the molecule is COC(=O)N([C@H](C(N)=O)C(c1ccccc1)c1ccccc1)C1(CCCC(CO)N(CCC(C)C)S(=O)(=O)c2ccc(N)cc2)CCC1. The number of amides is 2. The lowest BCUT2D eigenvalue weighted by atomic mass is 9.69. The molecule has 1 aliphatic rings. The molecule has 4 rings (SSSR count). The van der Waals surface area contributed by atoms with Crippen LogP contribution in [0.2, 0.25) is 0 Å². The van der Waals surface area contributed by atoms with Gasteiger partial charge < -0.3 is 21.3 Å². The second kappa shape index (κ2) is 16.5. The molecule has 5 N–H and O–H groups in total. The molecule has 0 bridgehead atoms. The maximum absolute atomic E-state index is 13.9. The highest BCUT2D eigenvalue weighted by atomic mass is 32.2. The van der Waals surface area contributed by atoms with Crippen LogP contribution >= 0.6 is 0 Å². The molecular weight excluding hydrogens is 628 g/mol. The molecule has 0 aliphatic heterocycles. The third-order valence-electron chi connectivity index (χ3n) is 9.58. The number of benzene rings is 3. The van der Waals surface area contributed by atoms with E-state index in [9.17, 15) is 23.1 Å². The molecule has 11 heteroatoms. The molecule has 0 radical (unpaired) electrons. The molecule has 1 aliphatic carbocycles. The van der Waals surface area contributed by atoms with E-state index in [0.717, 1.165) is 17.5 Å². The van der Waals surface area contributed by atoms with Gasteiger partial charge in [0.05, 0.1) is 18.6 Å². The van der Waals surface area contributed by atoms with Crippen LogP contribution in [0.1, 0.15) is 75.8 Å². The van der Waals surface area contributed by atoms with Crippen molar-refractivity contribution >= 4 is 27.7 Å². The second-order valence-corrected chi connectivity index (χ2v) is 15.1. The summed E-state index contributed by atoms with van der Waals surface area (Å²) in [6, 6.07) is 23.4. The summed E-state index contributed by atoms with van der Waals surface area (Å²) in [5.74, 6) is -0.955. The maximum atomic E-state index is 13.9. The molecule has 260 valence electrons. The number of aliphatic hydroxyl groups excluding tert-OH is 1. The molecule has 1 unspecified atom stereocenters. The van der Waals surface area contributed by atoms with Crippen molar-refractivity contribution in [2.24, 2.45) is 11.7 Å². The highest BCUT2D eigenvalue weighted by molar-refractivity contribution is 7.89. The van der Waals surface area contributed by atoms with Gasteiger partial charge in [0.1, 0.15) is 6.04 Å². The van der Waals surface area contributed by atoms with E-state index in [-0.39, 0.29) is 24.0 Å². The molecular formula is C37H50N4O6S. The van der Waals surface area contributed by atoms with Gasteiger partial charge in [-0.1, -0.05) is 74.5 Å². The van der Waals surface area contributed by atoms with E-state index < -0.39 is 45.6 Å². The van der Waals surface area contributed by atoms with Gasteiger partial charge in [0, 0.05) is 29.7 Å². The van der Waals surface area contributed by atoms with Crippen molar-refractivity contribution in [1.82, 2.24) is 9.21 Å². The molecule has 3 aromatic carbocycles. The Bertz CT molecular complexity index is 1540. The summed E-state index contributed by atoms with van der Waals surface area (Å²) in [6.45, 7) is 3.93. The summed E-state index contributed by atoms with van der Waals surface area (Å²) in [4.78, 5) is 28.9. The molecule has 10 nitrogen and oxygen atoms in total. The second-order valence-electron chi connectivity index (χ2n) is 13.2. The first-order valence-electron chi connectivity index (χ1n) is 16.7. The van der Waals surface area contributed by atoms with E-state index in [0.29, 0.717) is 44.2 Å². The van der Waals surface area contributed by atoms with Gasteiger partial charge in [-0.05, 0) is 86.3 Å². The van der Waals surface area contributed by atoms with Crippen molar-refractivity contribution in [1.29, 1.82) is 0 Å². The minimum atomic E-state index is -3.94. The molecule has 0 saturated heterocycles. The highest BCUT2D eigenvalue weighted by Gasteiger charge is 2.52.